The third-order valence-corrected chi connectivity index (χ3v) is 4.32. The predicted molar refractivity (Wildman–Crippen MR) is 82.1 cm³/mol. The van der Waals surface area contributed by atoms with Crippen LogP contribution in [0.25, 0.3) is 10.6 Å². The Morgan fingerprint density at radius 1 is 1.48 bits per heavy atom. The molecule has 2 N–H and O–H groups in total. The Hall–Kier alpha value is -2.21. The molecule has 2 aromatic rings. The van der Waals surface area contributed by atoms with Gasteiger partial charge in [-0.25, -0.2) is 4.98 Å². The molecule has 6 heteroatoms. The maximum Gasteiger partial charge on any atom is 0.246 e. The molecule has 21 heavy (non-hydrogen) atoms. The molecule has 2 amide bonds. The van der Waals surface area contributed by atoms with Crippen molar-refractivity contribution in [2.45, 2.75) is 25.8 Å². The van der Waals surface area contributed by atoms with Crippen LogP contribution in [-0.4, -0.2) is 22.8 Å². The SMILES string of the molecule is Cc1csc(-c2cccc(NC(=O)[C@@H]3CCC(=O)N3)c2)n1. The van der Waals surface area contributed by atoms with E-state index in [1.54, 1.807) is 11.3 Å². The Morgan fingerprint density at radius 3 is 3.00 bits per heavy atom. The first-order chi connectivity index (χ1) is 10.1. The first-order valence-corrected chi connectivity index (χ1v) is 7.62. The summed E-state index contributed by atoms with van der Waals surface area (Å²) in [4.78, 5) is 27.7. The van der Waals surface area contributed by atoms with Crippen molar-refractivity contribution >= 4 is 28.8 Å². The van der Waals surface area contributed by atoms with Gasteiger partial charge in [0.1, 0.15) is 11.0 Å². The van der Waals surface area contributed by atoms with Crippen LogP contribution < -0.4 is 10.6 Å². The lowest BCUT2D eigenvalue weighted by Gasteiger charge is -2.11. The van der Waals surface area contributed by atoms with E-state index in [-0.39, 0.29) is 11.8 Å². The third kappa shape index (κ3) is 3.11. The van der Waals surface area contributed by atoms with Gasteiger partial charge in [-0.15, -0.1) is 11.3 Å². The summed E-state index contributed by atoms with van der Waals surface area (Å²) in [5, 5.41) is 8.43. The lowest BCUT2D eigenvalue weighted by molar-refractivity contribution is -0.122. The molecule has 0 saturated carbocycles. The van der Waals surface area contributed by atoms with E-state index in [1.165, 1.54) is 0 Å². The molecule has 0 spiro atoms. The van der Waals surface area contributed by atoms with Gasteiger partial charge in [0.2, 0.25) is 11.8 Å². The Morgan fingerprint density at radius 2 is 2.33 bits per heavy atom. The van der Waals surface area contributed by atoms with Gasteiger partial charge in [-0.2, -0.15) is 0 Å². The van der Waals surface area contributed by atoms with Gasteiger partial charge in [0.15, 0.2) is 0 Å². The van der Waals surface area contributed by atoms with Crippen molar-refractivity contribution in [2.24, 2.45) is 0 Å². The number of carbonyl (C=O) groups excluding carboxylic acids is 2. The molecule has 1 atom stereocenters. The van der Waals surface area contributed by atoms with Crippen LogP contribution in [0, 0.1) is 6.92 Å². The van der Waals surface area contributed by atoms with Crippen molar-refractivity contribution in [3.63, 3.8) is 0 Å². The highest BCUT2D eigenvalue weighted by atomic mass is 32.1. The maximum absolute atomic E-state index is 12.1. The van der Waals surface area contributed by atoms with E-state index in [0.717, 1.165) is 16.3 Å². The zero-order valence-electron chi connectivity index (χ0n) is 11.6. The highest BCUT2D eigenvalue weighted by Crippen LogP contribution is 2.26. The largest absolute Gasteiger partial charge is 0.344 e. The standard InChI is InChI=1S/C15H15N3O2S/c1-9-8-21-15(16-9)10-3-2-4-11(7-10)17-14(20)12-5-6-13(19)18-12/h2-4,7-8,12H,5-6H2,1H3,(H,17,20)(H,18,19)/t12-/m0/s1. The minimum atomic E-state index is -0.428. The number of thiazole rings is 1. The molecule has 1 saturated heterocycles. The molecule has 5 nitrogen and oxygen atoms in total. The van der Waals surface area contributed by atoms with E-state index in [1.807, 2.05) is 36.6 Å². The zero-order valence-corrected chi connectivity index (χ0v) is 12.4. The first kappa shape index (κ1) is 13.8. The third-order valence-electron chi connectivity index (χ3n) is 3.31. The van der Waals surface area contributed by atoms with Crippen molar-refractivity contribution < 1.29 is 9.59 Å². The fourth-order valence-corrected chi connectivity index (χ4v) is 3.05. The summed E-state index contributed by atoms with van der Waals surface area (Å²) in [5.74, 6) is -0.240. The van der Waals surface area contributed by atoms with Crippen molar-refractivity contribution in [2.75, 3.05) is 5.32 Å². The highest BCUT2D eigenvalue weighted by Gasteiger charge is 2.27. The van der Waals surface area contributed by atoms with Gasteiger partial charge >= 0.3 is 0 Å². The molecule has 1 aliphatic heterocycles. The Labute approximate surface area is 126 Å². The topological polar surface area (TPSA) is 71.1 Å². The van der Waals surface area contributed by atoms with E-state index in [0.29, 0.717) is 18.5 Å². The Bertz CT molecular complexity index is 696. The number of aryl methyl sites for hydroxylation is 1. The highest BCUT2D eigenvalue weighted by molar-refractivity contribution is 7.13. The molecule has 0 bridgehead atoms. The van der Waals surface area contributed by atoms with Gasteiger partial charge in [0.05, 0.1) is 0 Å². The number of anilines is 1. The summed E-state index contributed by atoms with van der Waals surface area (Å²) < 4.78 is 0. The van der Waals surface area contributed by atoms with Crippen LogP contribution >= 0.6 is 11.3 Å². The van der Waals surface area contributed by atoms with Gasteiger partial charge < -0.3 is 10.6 Å². The second-order valence-electron chi connectivity index (χ2n) is 5.02. The molecule has 0 aliphatic carbocycles. The molecule has 2 heterocycles. The van der Waals surface area contributed by atoms with Crippen LogP contribution in [-0.2, 0) is 9.59 Å². The molecule has 1 aromatic carbocycles. The molecule has 0 radical (unpaired) electrons. The van der Waals surface area contributed by atoms with Gasteiger partial charge in [-0.1, -0.05) is 12.1 Å². The summed E-state index contributed by atoms with van der Waals surface area (Å²) in [6.45, 7) is 1.95. The number of nitrogens with one attached hydrogen (secondary N) is 2. The summed E-state index contributed by atoms with van der Waals surface area (Å²) >= 11 is 1.58. The number of hydrogen-bond acceptors (Lipinski definition) is 4. The lowest BCUT2D eigenvalue weighted by atomic mass is 10.2. The van der Waals surface area contributed by atoms with E-state index in [4.69, 9.17) is 0 Å². The van der Waals surface area contributed by atoms with E-state index < -0.39 is 6.04 Å². The molecule has 0 unspecified atom stereocenters. The minimum Gasteiger partial charge on any atom is -0.344 e. The van der Waals surface area contributed by atoms with E-state index >= 15 is 0 Å². The molecule has 3 rings (SSSR count). The fourth-order valence-electron chi connectivity index (χ4n) is 2.26. The van der Waals surface area contributed by atoms with Crippen LogP contribution in [0.1, 0.15) is 18.5 Å². The first-order valence-electron chi connectivity index (χ1n) is 6.74. The van der Waals surface area contributed by atoms with Crippen LogP contribution in [0.2, 0.25) is 0 Å². The molecule has 1 fully saturated rings. The van der Waals surface area contributed by atoms with Crippen LogP contribution in [0.3, 0.4) is 0 Å². The predicted octanol–water partition coefficient (Wildman–Crippen LogP) is 2.34. The van der Waals surface area contributed by atoms with Crippen molar-refractivity contribution in [3.8, 4) is 10.6 Å². The van der Waals surface area contributed by atoms with E-state index in [9.17, 15) is 9.59 Å². The molecule has 108 valence electrons. The van der Waals surface area contributed by atoms with Gasteiger partial charge in [0, 0.05) is 28.7 Å². The van der Waals surface area contributed by atoms with Crippen LogP contribution in [0.4, 0.5) is 5.69 Å². The quantitative estimate of drug-likeness (QED) is 0.914. The van der Waals surface area contributed by atoms with Crippen molar-refractivity contribution in [1.82, 2.24) is 10.3 Å². The molecule has 1 aromatic heterocycles. The minimum absolute atomic E-state index is 0.0674. The summed E-state index contributed by atoms with van der Waals surface area (Å²) in [5.41, 5.74) is 2.67. The summed E-state index contributed by atoms with van der Waals surface area (Å²) in [7, 11) is 0. The van der Waals surface area contributed by atoms with Gasteiger partial charge in [-0.05, 0) is 25.5 Å². The number of aromatic nitrogens is 1. The number of benzene rings is 1. The van der Waals surface area contributed by atoms with E-state index in [2.05, 4.69) is 15.6 Å². The van der Waals surface area contributed by atoms with Gasteiger partial charge in [0.25, 0.3) is 0 Å². The number of amides is 2. The normalized spacial score (nSPS) is 17.6. The fraction of sp³-hybridized carbons (Fsp3) is 0.267. The summed E-state index contributed by atoms with van der Waals surface area (Å²) in [6, 6.07) is 7.15. The van der Waals surface area contributed by atoms with Crippen molar-refractivity contribution in [3.05, 3.63) is 35.3 Å². The maximum atomic E-state index is 12.1. The summed E-state index contributed by atoms with van der Waals surface area (Å²) in [6.07, 6.45) is 0.965. The Kier molecular flexibility index (Phi) is 3.70. The average Bonchev–Trinajstić information content (AvgIpc) is 3.08. The molecular formula is C15H15N3O2S. The van der Waals surface area contributed by atoms with Gasteiger partial charge in [-0.3, -0.25) is 9.59 Å². The molecule has 1 aliphatic rings. The number of hydrogen-bond donors (Lipinski definition) is 2. The van der Waals surface area contributed by atoms with Crippen LogP contribution in [0.5, 0.6) is 0 Å². The van der Waals surface area contributed by atoms with Crippen LogP contribution in [0.15, 0.2) is 29.6 Å². The lowest BCUT2D eigenvalue weighted by Crippen LogP contribution is -2.37. The second kappa shape index (κ2) is 5.65. The average molecular weight is 301 g/mol. The second-order valence-corrected chi connectivity index (χ2v) is 5.88. The number of nitrogens with zero attached hydrogens (tertiary/aromatic N) is 1. The smallest absolute Gasteiger partial charge is 0.246 e. The Balaban J connectivity index is 1.74. The monoisotopic (exact) mass is 301 g/mol. The number of carbonyl (C=O) groups is 2. The van der Waals surface area contributed by atoms with Crippen molar-refractivity contribution in [1.29, 1.82) is 0 Å². The zero-order chi connectivity index (χ0) is 14.8. The number of rotatable bonds is 3. The molecular weight excluding hydrogens is 286 g/mol.